The van der Waals surface area contributed by atoms with Crippen molar-refractivity contribution in [3.63, 3.8) is 0 Å². The van der Waals surface area contributed by atoms with Crippen LogP contribution in [0.25, 0.3) is 0 Å². The summed E-state index contributed by atoms with van der Waals surface area (Å²) in [5.74, 6) is 1.63. The van der Waals surface area contributed by atoms with Gasteiger partial charge >= 0.3 is 0 Å². The van der Waals surface area contributed by atoms with Crippen molar-refractivity contribution in [3.05, 3.63) is 48.4 Å². The first-order valence-corrected chi connectivity index (χ1v) is 6.91. The summed E-state index contributed by atoms with van der Waals surface area (Å²) in [4.78, 5) is 4.28. The Morgan fingerprint density at radius 3 is 3.21 bits per heavy atom. The number of aromatic nitrogens is 2. The maximum absolute atomic E-state index is 4.28. The highest BCUT2D eigenvalue weighted by Crippen LogP contribution is 2.14. The molecule has 0 saturated carbocycles. The van der Waals surface area contributed by atoms with Crippen LogP contribution in [0.1, 0.15) is 12.1 Å². The van der Waals surface area contributed by atoms with Crippen molar-refractivity contribution in [3.8, 4) is 0 Å². The van der Waals surface area contributed by atoms with Crippen molar-refractivity contribution in [2.45, 2.75) is 19.5 Å². The van der Waals surface area contributed by atoms with E-state index in [1.54, 1.807) is 0 Å². The molecule has 1 atom stereocenters. The molecule has 1 aliphatic rings. The van der Waals surface area contributed by atoms with Crippen LogP contribution in [0.15, 0.2) is 42.7 Å². The minimum Gasteiger partial charge on any atom is -0.370 e. The van der Waals surface area contributed by atoms with Crippen LogP contribution in [0.2, 0.25) is 0 Å². The summed E-state index contributed by atoms with van der Waals surface area (Å²) in [6.07, 6.45) is 5.16. The van der Waals surface area contributed by atoms with Crippen LogP contribution in [-0.4, -0.2) is 22.6 Å². The monoisotopic (exact) mass is 256 g/mol. The number of fused-ring (bicyclic) bond motifs is 1. The molecule has 19 heavy (non-hydrogen) atoms. The molecule has 0 aromatic carbocycles. The second kappa shape index (κ2) is 5.89. The van der Waals surface area contributed by atoms with Gasteiger partial charge in [-0.2, -0.15) is 0 Å². The Hall–Kier alpha value is -1.81. The van der Waals surface area contributed by atoms with E-state index >= 15 is 0 Å². The fourth-order valence-electron chi connectivity index (χ4n) is 2.60. The first-order valence-electron chi connectivity index (χ1n) is 6.91. The van der Waals surface area contributed by atoms with E-state index in [0.29, 0.717) is 5.92 Å². The summed E-state index contributed by atoms with van der Waals surface area (Å²) in [7, 11) is 0. The van der Waals surface area contributed by atoms with Crippen LogP contribution in [0.4, 0.5) is 5.82 Å². The van der Waals surface area contributed by atoms with Gasteiger partial charge in [0.15, 0.2) is 0 Å². The lowest BCUT2D eigenvalue weighted by molar-refractivity contribution is 0.423. The maximum atomic E-state index is 4.28. The molecule has 1 aliphatic heterocycles. The number of anilines is 1. The lowest BCUT2D eigenvalue weighted by Crippen LogP contribution is -2.23. The fraction of sp³-hybridized carbons (Fsp3) is 0.400. The van der Waals surface area contributed by atoms with Gasteiger partial charge in [-0.15, -0.1) is 0 Å². The molecular formula is C15H20N4. The minimum absolute atomic E-state index is 0.671. The van der Waals surface area contributed by atoms with Gasteiger partial charge in [0.1, 0.15) is 5.82 Å². The summed E-state index contributed by atoms with van der Waals surface area (Å²) in [5, 5.41) is 6.91. The number of hydrogen-bond acceptors (Lipinski definition) is 3. The molecule has 4 heteroatoms. The molecule has 0 bridgehead atoms. The number of hydrogen-bond donors (Lipinski definition) is 2. The molecule has 0 aliphatic carbocycles. The van der Waals surface area contributed by atoms with Crippen LogP contribution in [0, 0.1) is 5.92 Å². The van der Waals surface area contributed by atoms with Crippen molar-refractivity contribution < 1.29 is 0 Å². The first kappa shape index (κ1) is 12.2. The molecular weight excluding hydrogens is 236 g/mol. The summed E-state index contributed by atoms with van der Waals surface area (Å²) >= 11 is 0. The van der Waals surface area contributed by atoms with E-state index in [9.17, 15) is 0 Å². The van der Waals surface area contributed by atoms with Gasteiger partial charge in [0.2, 0.25) is 0 Å². The number of nitrogens with one attached hydrogen (secondary N) is 2. The molecule has 4 nitrogen and oxygen atoms in total. The molecule has 2 N–H and O–H groups in total. The SMILES string of the molecule is c1ccc(NCC[C@H]2CNCc3cccn3C2)nc1. The van der Waals surface area contributed by atoms with E-state index in [-0.39, 0.29) is 0 Å². The number of pyridine rings is 1. The van der Waals surface area contributed by atoms with Crippen LogP contribution in [0.5, 0.6) is 0 Å². The Morgan fingerprint density at radius 1 is 1.32 bits per heavy atom. The van der Waals surface area contributed by atoms with E-state index in [0.717, 1.165) is 38.4 Å². The highest BCUT2D eigenvalue weighted by Gasteiger charge is 2.14. The van der Waals surface area contributed by atoms with Crippen molar-refractivity contribution in [2.24, 2.45) is 5.92 Å². The lowest BCUT2D eigenvalue weighted by Gasteiger charge is -2.16. The molecule has 0 amide bonds. The third kappa shape index (κ3) is 3.15. The Morgan fingerprint density at radius 2 is 2.32 bits per heavy atom. The second-order valence-corrected chi connectivity index (χ2v) is 5.08. The highest BCUT2D eigenvalue weighted by atomic mass is 15.0. The quantitative estimate of drug-likeness (QED) is 0.880. The van der Waals surface area contributed by atoms with Crippen molar-refractivity contribution in [1.29, 1.82) is 0 Å². The molecule has 2 aromatic rings. The number of nitrogens with zero attached hydrogens (tertiary/aromatic N) is 2. The van der Waals surface area contributed by atoms with Gasteiger partial charge in [-0.25, -0.2) is 4.98 Å². The summed E-state index contributed by atoms with van der Waals surface area (Å²) in [5.41, 5.74) is 1.39. The van der Waals surface area contributed by atoms with Crippen LogP contribution >= 0.6 is 0 Å². The normalized spacial score (nSPS) is 18.6. The van der Waals surface area contributed by atoms with E-state index in [1.165, 1.54) is 5.69 Å². The average molecular weight is 256 g/mol. The Kier molecular flexibility index (Phi) is 3.79. The largest absolute Gasteiger partial charge is 0.370 e. The first-order chi connectivity index (χ1) is 9.42. The van der Waals surface area contributed by atoms with Gasteiger partial charge in [-0.05, 0) is 36.6 Å². The average Bonchev–Trinajstić information content (AvgIpc) is 2.79. The molecule has 0 spiro atoms. The van der Waals surface area contributed by atoms with E-state index in [2.05, 4.69) is 38.5 Å². The van der Waals surface area contributed by atoms with Crippen LogP contribution in [0.3, 0.4) is 0 Å². The van der Waals surface area contributed by atoms with Gasteiger partial charge in [0, 0.05) is 44.3 Å². The van der Waals surface area contributed by atoms with Crippen LogP contribution in [-0.2, 0) is 13.1 Å². The van der Waals surface area contributed by atoms with Crippen molar-refractivity contribution in [1.82, 2.24) is 14.9 Å². The van der Waals surface area contributed by atoms with Gasteiger partial charge in [0.05, 0.1) is 0 Å². The van der Waals surface area contributed by atoms with Gasteiger partial charge in [-0.1, -0.05) is 6.07 Å². The maximum Gasteiger partial charge on any atom is 0.125 e. The zero-order valence-electron chi connectivity index (χ0n) is 11.0. The standard InChI is InChI=1S/C15H20N4/c1-2-7-17-15(5-1)18-8-6-13-10-16-11-14-4-3-9-19(14)12-13/h1-5,7,9,13,16H,6,8,10-12H2,(H,17,18)/t13-/m0/s1. The Bertz CT molecular complexity index is 506. The summed E-state index contributed by atoms with van der Waals surface area (Å²) in [6.45, 7) is 4.15. The van der Waals surface area contributed by atoms with Gasteiger partial charge < -0.3 is 15.2 Å². The highest BCUT2D eigenvalue weighted by molar-refractivity contribution is 5.32. The molecule has 3 heterocycles. The third-order valence-corrected chi connectivity index (χ3v) is 3.64. The summed E-state index contributed by atoms with van der Waals surface area (Å²) < 4.78 is 2.37. The predicted molar refractivity (Wildman–Crippen MR) is 77.0 cm³/mol. The van der Waals surface area contributed by atoms with Crippen molar-refractivity contribution in [2.75, 3.05) is 18.4 Å². The fourth-order valence-corrected chi connectivity index (χ4v) is 2.60. The molecule has 2 aromatic heterocycles. The lowest BCUT2D eigenvalue weighted by atomic mass is 10.1. The zero-order chi connectivity index (χ0) is 12.9. The molecule has 0 saturated heterocycles. The number of rotatable bonds is 4. The van der Waals surface area contributed by atoms with Crippen molar-refractivity contribution >= 4 is 5.82 Å². The topological polar surface area (TPSA) is 41.9 Å². The van der Waals surface area contributed by atoms with E-state index < -0.39 is 0 Å². The minimum atomic E-state index is 0.671. The third-order valence-electron chi connectivity index (χ3n) is 3.64. The molecule has 0 unspecified atom stereocenters. The second-order valence-electron chi connectivity index (χ2n) is 5.08. The molecule has 0 radical (unpaired) electrons. The van der Waals surface area contributed by atoms with Crippen LogP contribution < -0.4 is 10.6 Å². The van der Waals surface area contributed by atoms with Gasteiger partial charge in [-0.3, -0.25) is 0 Å². The van der Waals surface area contributed by atoms with E-state index in [4.69, 9.17) is 0 Å². The molecule has 3 rings (SSSR count). The van der Waals surface area contributed by atoms with Gasteiger partial charge in [0.25, 0.3) is 0 Å². The molecule has 100 valence electrons. The Balaban J connectivity index is 1.51. The predicted octanol–water partition coefficient (Wildman–Crippen LogP) is 2.10. The molecule has 0 fully saturated rings. The zero-order valence-corrected chi connectivity index (χ0v) is 11.0. The van der Waals surface area contributed by atoms with E-state index in [1.807, 2.05) is 24.4 Å². The summed E-state index contributed by atoms with van der Waals surface area (Å²) in [6, 6.07) is 10.3. The Labute approximate surface area is 113 Å². The smallest absolute Gasteiger partial charge is 0.125 e.